The normalized spacial score (nSPS) is 12.2. The molecule has 1 unspecified atom stereocenters. The highest BCUT2D eigenvalue weighted by Crippen LogP contribution is 2.23. The van der Waals surface area contributed by atoms with Gasteiger partial charge in [0, 0.05) is 11.6 Å². The van der Waals surface area contributed by atoms with Crippen LogP contribution in [0, 0.1) is 0 Å². The van der Waals surface area contributed by atoms with Gasteiger partial charge in [-0.1, -0.05) is 41.9 Å². The summed E-state index contributed by atoms with van der Waals surface area (Å²) in [4.78, 5) is 0. The Morgan fingerprint density at radius 2 is 1.80 bits per heavy atom. The highest BCUT2D eigenvalue weighted by Gasteiger charge is 2.11. The molecule has 2 aromatic carbocycles. The molecule has 0 radical (unpaired) electrons. The average molecular weight is 292 g/mol. The quantitative estimate of drug-likeness (QED) is 0.885. The van der Waals surface area contributed by atoms with Crippen LogP contribution in [0.5, 0.6) is 5.75 Å². The molecular weight excluding hydrogens is 274 g/mol. The summed E-state index contributed by atoms with van der Waals surface area (Å²) in [6, 6.07) is 15.4. The summed E-state index contributed by atoms with van der Waals surface area (Å²) in [5.41, 5.74) is 7.78. The van der Waals surface area contributed by atoms with Gasteiger partial charge in [-0.2, -0.15) is 0 Å². The summed E-state index contributed by atoms with van der Waals surface area (Å²) in [6.07, 6.45) is -0.155. The molecule has 3 nitrogen and oxygen atoms in total. The van der Waals surface area contributed by atoms with Crippen LogP contribution in [0.15, 0.2) is 48.5 Å². The SMILES string of the molecule is COc1ccc(C(CN)OCc2ccccc2Cl)cc1. The Hall–Kier alpha value is -1.55. The van der Waals surface area contributed by atoms with Crippen LogP contribution in [0.4, 0.5) is 0 Å². The monoisotopic (exact) mass is 291 g/mol. The molecule has 2 N–H and O–H groups in total. The van der Waals surface area contributed by atoms with Gasteiger partial charge in [-0.25, -0.2) is 0 Å². The van der Waals surface area contributed by atoms with E-state index in [4.69, 9.17) is 26.8 Å². The van der Waals surface area contributed by atoms with Crippen LogP contribution in [0.2, 0.25) is 5.02 Å². The van der Waals surface area contributed by atoms with E-state index in [9.17, 15) is 0 Å². The van der Waals surface area contributed by atoms with Crippen molar-refractivity contribution in [2.75, 3.05) is 13.7 Å². The summed E-state index contributed by atoms with van der Waals surface area (Å²) < 4.78 is 11.0. The van der Waals surface area contributed by atoms with Gasteiger partial charge < -0.3 is 15.2 Å². The first kappa shape index (κ1) is 14.9. The van der Waals surface area contributed by atoms with Gasteiger partial charge in [0.05, 0.1) is 19.8 Å². The third-order valence-electron chi connectivity index (χ3n) is 3.10. The highest BCUT2D eigenvalue weighted by atomic mass is 35.5. The zero-order chi connectivity index (χ0) is 14.4. The first-order valence-electron chi connectivity index (χ1n) is 6.43. The molecule has 4 heteroatoms. The largest absolute Gasteiger partial charge is 0.497 e. The summed E-state index contributed by atoms with van der Waals surface area (Å²) >= 11 is 6.11. The van der Waals surface area contributed by atoms with Crippen LogP contribution in [0.25, 0.3) is 0 Å². The fraction of sp³-hybridized carbons (Fsp3) is 0.250. The molecule has 0 heterocycles. The lowest BCUT2D eigenvalue weighted by molar-refractivity contribution is 0.0457. The number of benzene rings is 2. The molecule has 0 spiro atoms. The number of hydrogen-bond donors (Lipinski definition) is 1. The molecule has 0 amide bonds. The van der Waals surface area contributed by atoms with Crippen molar-refractivity contribution < 1.29 is 9.47 Å². The van der Waals surface area contributed by atoms with E-state index in [1.807, 2.05) is 48.5 Å². The van der Waals surface area contributed by atoms with E-state index >= 15 is 0 Å². The van der Waals surface area contributed by atoms with Crippen LogP contribution in [-0.4, -0.2) is 13.7 Å². The average Bonchev–Trinajstić information content (AvgIpc) is 2.50. The summed E-state index contributed by atoms with van der Waals surface area (Å²) in [7, 11) is 1.64. The minimum absolute atomic E-state index is 0.155. The number of halogens is 1. The van der Waals surface area contributed by atoms with Gasteiger partial charge in [0.1, 0.15) is 5.75 Å². The number of nitrogens with two attached hydrogens (primary N) is 1. The minimum Gasteiger partial charge on any atom is -0.497 e. The fourth-order valence-electron chi connectivity index (χ4n) is 1.92. The lowest BCUT2D eigenvalue weighted by Crippen LogP contribution is -2.15. The topological polar surface area (TPSA) is 44.5 Å². The standard InChI is InChI=1S/C16H18ClNO2/c1-19-14-8-6-12(7-9-14)16(10-18)20-11-13-4-2-3-5-15(13)17/h2-9,16H,10-11,18H2,1H3. The molecule has 2 aromatic rings. The summed E-state index contributed by atoms with van der Waals surface area (Å²) in [5, 5.41) is 0.706. The van der Waals surface area contributed by atoms with E-state index in [1.54, 1.807) is 7.11 Å². The van der Waals surface area contributed by atoms with Gasteiger partial charge >= 0.3 is 0 Å². The van der Waals surface area contributed by atoms with E-state index < -0.39 is 0 Å². The molecule has 0 bridgehead atoms. The van der Waals surface area contributed by atoms with E-state index in [2.05, 4.69) is 0 Å². The van der Waals surface area contributed by atoms with Crippen LogP contribution in [-0.2, 0) is 11.3 Å². The lowest BCUT2D eigenvalue weighted by Gasteiger charge is -2.17. The molecule has 2 rings (SSSR count). The second kappa shape index (κ2) is 7.29. The first-order valence-corrected chi connectivity index (χ1v) is 6.81. The minimum atomic E-state index is -0.155. The van der Waals surface area contributed by atoms with Gasteiger partial charge in [0.25, 0.3) is 0 Å². The van der Waals surface area contributed by atoms with Crippen molar-refractivity contribution in [3.05, 3.63) is 64.7 Å². The predicted molar refractivity (Wildman–Crippen MR) is 81.0 cm³/mol. The smallest absolute Gasteiger partial charge is 0.118 e. The van der Waals surface area contributed by atoms with Crippen molar-refractivity contribution in [1.82, 2.24) is 0 Å². The fourth-order valence-corrected chi connectivity index (χ4v) is 2.12. The van der Waals surface area contributed by atoms with E-state index in [0.29, 0.717) is 18.2 Å². The van der Waals surface area contributed by atoms with Crippen molar-refractivity contribution in [3.63, 3.8) is 0 Å². The van der Waals surface area contributed by atoms with Crippen molar-refractivity contribution in [2.24, 2.45) is 5.73 Å². The molecule has 0 saturated heterocycles. The van der Waals surface area contributed by atoms with E-state index in [-0.39, 0.29) is 6.10 Å². The Labute approximate surface area is 124 Å². The number of hydrogen-bond acceptors (Lipinski definition) is 3. The van der Waals surface area contributed by atoms with Crippen molar-refractivity contribution >= 4 is 11.6 Å². The molecule has 0 fully saturated rings. The molecule has 0 aliphatic carbocycles. The molecule has 0 aliphatic heterocycles. The van der Waals surface area contributed by atoms with Gasteiger partial charge in [-0.15, -0.1) is 0 Å². The first-order chi connectivity index (χ1) is 9.74. The number of ether oxygens (including phenoxy) is 2. The van der Waals surface area contributed by atoms with Crippen molar-refractivity contribution in [3.8, 4) is 5.75 Å². The molecule has 0 aliphatic rings. The van der Waals surface area contributed by atoms with Crippen LogP contribution < -0.4 is 10.5 Å². The zero-order valence-electron chi connectivity index (χ0n) is 11.4. The Morgan fingerprint density at radius 3 is 2.40 bits per heavy atom. The summed E-state index contributed by atoms with van der Waals surface area (Å²) in [6.45, 7) is 0.852. The molecule has 0 aromatic heterocycles. The van der Waals surface area contributed by atoms with E-state index in [0.717, 1.165) is 16.9 Å². The van der Waals surface area contributed by atoms with Gasteiger partial charge in [0.2, 0.25) is 0 Å². The van der Waals surface area contributed by atoms with Gasteiger partial charge in [0.15, 0.2) is 0 Å². The third-order valence-corrected chi connectivity index (χ3v) is 3.47. The van der Waals surface area contributed by atoms with Gasteiger partial charge in [-0.05, 0) is 29.3 Å². The molecular formula is C16H18ClNO2. The van der Waals surface area contributed by atoms with Crippen LogP contribution >= 0.6 is 11.6 Å². The van der Waals surface area contributed by atoms with Crippen LogP contribution in [0.1, 0.15) is 17.2 Å². The maximum atomic E-state index is 6.11. The molecule has 1 atom stereocenters. The van der Waals surface area contributed by atoms with Crippen LogP contribution in [0.3, 0.4) is 0 Å². The molecule has 106 valence electrons. The van der Waals surface area contributed by atoms with Gasteiger partial charge in [-0.3, -0.25) is 0 Å². The third kappa shape index (κ3) is 3.73. The Morgan fingerprint density at radius 1 is 1.10 bits per heavy atom. The Kier molecular flexibility index (Phi) is 5.41. The summed E-state index contributed by atoms with van der Waals surface area (Å²) in [5.74, 6) is 0.815. The Bertz CT molecular complexity index is 542. The maximum Gasteiger partial charge on any atom is 0.118 e. The molecule has 20 heavy (non-hydrogen) atoms. The van der Waals surface area contributed by atoms with E-state index in [1.165, 1.54) is 0 Å². The second-order valence-corrected chi connectivity index (χ2v) is 4.81. The second-order valence-electron chi connectivity index (χ2n) is 4.40. The Balaban J connectivity index is 2.03. The predicted octanol–water partition coefficient (Wildman–Crippen LogP) is 3.57. The lowest BCUT2D eigenvalue weighted by atomic mass is 10.1. The number of rotatable bonds is 6. The zero-order valence-corrected chi connectivity index (χ0v) is 12.1. The van der Waals surface area contributed by atoms with Crippen molar-refractivity contribution in [1.29, 1.82) is 0 Å². The highest BCUT2D eigenvalue weighted by molar-refractivity contribution is 6.31. The van der Waals surface area contributed by atoms with Crippen molar-refractivity contribution in [2.45, 2.75) is 12.7 Å². The number of methoxy groups -OCH3 is 1. The maximum absolute atomic E-state index is 6.11. The molecule has 0 saturated carbocycles.